The molecule has 0 saturated heterocycles. The predicted molar refractivity (Wildman–Crippen MR) is 84.5 cm³/mol. The second-order valence-corrected chi connectivity index (χ2v) is 5.01. The van der Waals surface area contributed by atoms with Crippen molar-refractivity contribution in [3.8, 4) is 0 Å². The van der Waals surface area contributed by atoms with Crippen molar-refractivity contribution in [2.75, 3.05) is 6.54 Å². The van der Waals surface area contributed by atoms with Gasteiger partial charge in [0.2, 0.25) is 0 Å². The van der Waals surface area contributed by atoms with E-state index in [-0.39, 0.29) is 12.1 Å². The van der Waals surface area contributed by atoms with Gasteiger partial charge in [0.15, 0.2) is 0 Å². The van der Waals surface area contributed by atoms with Crippen LogP contribution in [0.5, 0.6) is 0 Å². The highest BCUT2D eigenvalue weighted by Crippen LogP contribution is 2.31. The third kappa shape index (κ3) is 2.97. The van der Waals surface area contributed by atoms with E-state index in [0.29, 0.717) is 6.54 Å². The minimum Gasteiger partial charge on any atom is -0.300 e. The highest BCUT2D eigenvalue weighted by atomic mass is 15.2. The summed E-state index contributed by atoms with van der Waals surface area (Å²) in [4.78, 5) is 2.88. The summed E-state index contributed by atoms with van der Waals surface area (Å²) in [5.41, 5.74) is 12.2. The largest absolute Gasteiger partial charge is 0.300 e. The number of hydrogen-bond acceptors (Lipinski definition) is 2. The van der Waals surface area contributed by atoms with Crippen LogP contribution in [0.3, 0.4) is 0 Å². The molecular formula is C17H16N4. The van der Waals surface area contributed by atoms with Crippen LogP contribution in [0.25, 0.3) is 16.0 Å². The molecule has 3 rings (SSSR count). The molecule has 1 N–H and O–H groups in total. The second-order valence-electron chi connectivity index (χ2n) is 5.01. The van der Waals surface area contributed by atoms with Crippen molar-refractivity contribution in [3.63, 3.8) is 0 Å². The molecule has 0 fully saturated rings. The van der Waals surface area contributed by atoms with Gasteiger partial charge in [-0.1, -0.05) is 71.9 Å². The van der Waals surface area contributed by atoms with E-state index < -0.39 is 0 Å². The quantitative estimate of drug-likeness (QED) is 0.510. The van der Waals surface area contributed by atoms with Crippen LogP contribution in [0.2, 0.25) is 0 Å². The smallest absolute Gasteiger partial charge is 0.0517 e. The summed E-state index contributed by atoms with van der Waals surface area (Å²) < 4.78 is 0. The monoisotopic (exact) mass is 276 g/mol. The Labute approximate surface area is 123 Å². The maximum atomic E-state index is 8.58. The van der Waals surface area contributed by atoms with E-state index >= 15 is 0 Å². The SMILES string of the molecule is [N-]=[N+]=NCC1NC(c2ccccc2)C=C1c1ccccc1. The van der Waals surface area contributed by atoms with E-state index in [1.54, 1.807) is 0 Å². The lowest BCUT2D eigenvalue weighted by atomic mass is 10.00. The molecule has 0 aromatic heterocycles. The molecule has 0 radical (unpaired) electrons. The van der Waals surface area contributed by atoms with Crippen molar-refractivity contribution in [1.29, 1.82) is 0 Å². The first-order valence-electron chi connectivity index (χ1n) is 6.97. The number of nitrogens with zero attached hydrogens (tertiary/aromatic N) is 3. The van der Waals surface area contributed by atoms with E-state index in [0.717, 1.165) is 0 Å². The van der Waals surface area contributed by atoms with Gasteiger partial charge in [-0.25, -0.2) is 0 Å². The zero-order valence-corrected chi connectivity index (χ0v) is 11.6. The Bertz CT molecular complexity index is 672. The van der Waals surface area contributed by atoms with Gasteiger partial charge in [-0.05, 0) is 22.2 Å². The van der Waals surface area contributed by atoms with Gasteiger partial charge < -0.3 is 0 Å². The van der Waals surface area contributed by atoms with Gasteiger partial charge in [-0.15, -0.1) is 0 Å². The zero-order valence-electron chi connectivity index (χ0n) is 11.6. The molecule has 2 aromatic carbocycles. The minimum absolute atomic E-state index is 0.0495. The number of benzene rings is 2. The van der Waals surface area contributed by atoms with Gasteiger partial charge in [-0.2, -0.15) is 0 Å². The Hall–Kier alpha value is -2.55. The summed E-state index contributed by atoms with van der Waals surface area (Å²) in [5.74, 6) is 0. The molecule has 4 heteroatoms. The number of hydrogen-bond donors (Lipinski definition) is 1. The van der Waals surface area contributed by atoms with Gasteiger partial charge in [0.25, 0.3) is 0 Å². The number of azide groups is 1. The first-order valence-corrected chi connectivity index (χ1v) is 6.97. The fraction of sp³-hybridized carbons (Fsp3) is 0.176. The fourth-order valence-electron chi connectivity index (χ4n) is 2.70. The summed E-state index contributed by atoms with van der Waals surface area (Å²) >= 11 is 0. The molecule has 0 bridgehead atoms. The predicted octanol–water partition coefficient (Wildman–Crippen LogP) is 4.09. The third-order valence-corrected chi connectivity index (χ3v) is 3.70. The molecule has 2 aromatic rings. The fourth-order valence-corrected chi connectivity index (χ4v) is 2.70. The summed E-state index contributed by atoms with van der Waals surface area (Å²) in [6.07, 6.45) is 2.22. The molecular weight excluding hydrogens is 260 g/mol. The van der Waals surface area contributed by atoms with E-state index in [4.69, 9.17) is 5.53 Å². The molecule has 4 nitrogen and oxygen atoms in total. The molecule has 21 heavy (non-hydrogen) atoms. The topological polar surface area (TPSA) is 60.8 Å². The van der Waals surface area contributed by atoms with Crippen molar-refractivity contribution in [2.24, 2.45) is 5.11 Å². The Kier molecular flexibility index (Phi) is 4.01. The van der Waals surface area contributed by atoms with Crippen LogP contribution >= 0.6 is 0 Å². The minimum atomic E-state index is 0.0495. The second kappa shape index (κ2) is 6.27. The molecule has 2 unspecified atom stereocenters. The molecule has 2 atom stereocenters. The lowest BCUT2D eigenvalue weighted by molar-refractivity contribution is 0.595. The van der Waals surface area contributed by atoms with Crippen LogP contribution < -0.4 is 5.32 Å². The van der Waals surface area contributed by atoms with Crippen molar-refractivity contribution in [3.05, 3.63) is 88.3 Å². The third-order valence-electron chi connectivity index (χ3n) is 3.70. The summed E-state index contributed by atoms with van der Waals surface area (Å²) in [5, 5.41) is 7.27. The van der Waals surface area contributed by atoms with Crippen LogP contribution in [0.15, 0.2) is 71.9 Å². The molecule has 0 amide bonds. The van der Waals surface area contributed by atoms with Crippen molar-refractivity contribution in [2.45, 2.75) is 12.1 Å². The van der Waals surface area contributed by atoms with Crippen LogP contribution in [-0.2, 0) is 0 Å². The van der Waals surface area contributed by atoms with Crippen molar-refractivity contribution in [1.82, 2.24) is 5.32 Å². The molecule has 1 aliphatic heterocycles. The molecule has 0 aliphatic carbocycles. The first kappa shape index (κ1) is 13.4. The number of nitrogens with one attached hydrogen (secondary N) is 1. The van der Waals surface area contributed by atoms with E-state index in [1.165, 1.54) is 16.7 Å². The normalized spacial score (nSPS) is 20.7. The van der Waals surface area contributed by atoms with E-state index in [9.17, 15) is 0 Å². The molecule has 0 saturated carbocycles. The standard InChI is InChI=1S/C17H16N4/c18-21-19-12-17-15(13-7-3-1-4-8-13)11-16(20-17)14-9-5-2-6-10-14/h1-11,16-17,20H,12H2. The summed E-state index contributed by atoms with van der Waals surface area (Å²) in [7, 11) is 0. The Balaban J connectivity index is 1.93. The van der Waals surface area contributed by atoms with Gasteiger partial charge in [0, 0.05) is 17.5 Å². The Morgan fingerprint density at radius 3 is 2.33 bits per heavy atom. The molecule has 1 heterocycles. The highest BCUT2D eigenvalue weighted by Gasteiger charge is 2.26. The number of rotatable bonds is 4. The lowest BCUT2D eigenvalue weighted by Gasteiger charge is -2.16. The van der Waals surface area contributed by atoms with Crippen LogP contribution in [0, 0.1) is 0 Å². The summed E-state index contributed by atoms with van der Waals surface area (Å²) in [6, 6.07) is 20.7. The Morgan fingerprint density at radius 2 is 1.67 bits per heavy atom. The van der Waals surface area contributed by atoms with E-state index in [1.807, 2.05) is 36.4 Å². The van der Waals surface area contributed by atoms with Crippen molar-refractivity contribution >= 4 is 5.57 Å². The average Bonchev–Trinajstić information content (AvgIpc) is 2.99. The molecule has 0 spiro atoms. The van der Waals surface area contributed by atoms with Crippen LogP contribution in [-0.4, -0.2) is 12.6 Å². The summed E-state index contributed by atoms with van der Waals surface area (Å²) in [6.45, 7) is 0.417. The average molecular weight is 276 g/mol. The molecule has 1 aliphatic rings. The maximum Gasteiger partial charge on any atom is 0.0517 e. The van der Waals surface area contributed by atoms with Crippen molar-refractivity contribution < 1.29 is 0 Å². The van der Waals surface area contributed by atoms with Gasteiger partial charge in [-0.3, -0.25) is 5.32 Å². The van der Waals surface area contributed by atoms with Gasteiger partial charge >= 0.3 is 0 Å². The maximum absolute atomic E-state index is 8.58. The van der Waals surface area contributed by atoms with Gasteiger partial charge in [0.1, 0.15) is 0 Å². The highest BCUT2D eigenvalue weighted by molar-refractivity contribution is 5.73. The molecule has 104 valence electrons. The zero-order chi connectivity index (χ0) is 14.5. The Morgan fingerprint density at radius 1 is 1.00 bits per heavy atom. The lowest BCUT2D eigenvalue weighted by Crippen LogP contribution is -2.29. The first-order chi connectivity index (χ1) is 10.4. The van der Waals surface area contributed by atoms with Crippen LogP contribution in [0.1, 0.15) is 17.2 Å². The van der Waals surface area contributed by atoms with Crippen LogP contribution in [0.4, 0.5) is 0 Å². The van der Waals surface area contributed by atoms with E-state index in [2.05, 4.69) is 45.7 Å². The van der Waals surface area contributed by atoms with Gasteiger partial charge in [0.05, 0.1) is 6.04 Å².